The van der Waals surface area contributed by atoms with Gasteiger partial charge in [0.25, 0.3) is 0 Å². The Kier molecular flexibility index (Phi) is 5.30. The molecule has 1 heterocycles. The molecule has 26 heavy (non-hydrogen) atoms. The fourth-order valence-electron chi connectivity index (χ4n) is 2.89. The summed E-state index contributed by atoms with van der Waals surface area (Å²) in [6.07, 6.45) is -0.243. The number of aryl methyl sites for hydroxylation is 1. The van der Waals surface area contributed by atoms with Crippen molar-refractivity contribution in [2.75, 3.05) is 18.5 Å². The third kappa shape index (κ3) is 4.23. The summed E-state index contributed by atoms with van der Waals surface area (Å²) in [5.41, 5.74) is 4.52. The van der Waals surface area contributed by atoms with Crippen LogP contribution >= 0.6 is 0 Å². The van der Waals surface area contributed by atoms with Crippen molar-refractivity contribution in [3.8, 4) is 0 Å². The molecule has 1 atom stereocenters. The highest BCUT2D eigenvalue weighted by Gasteiger charge is 2.33. The number of rotatable bonds is 5. The summed E-state index contributed by atoms with van der Waals surface area (Å²) in [4.78, 5) is 12.6. The number of benzene rings is 2. The Balaban J connectivity index is 1.70. The molecule has 1 unspecified atom stereocenters. The monoisotopic (exact) mass is 355 g/mol. The molecule has 1 N–H and O–H groups in total. The van der Waals surface area contributed by atoms with Crippen molar-refractivity contribution in [1.29, 1.82) is 0 Å². The molecular weight excluding hydrogens is 330 g/mol. The number of para-hydroxylation sites is 1. The third-order valence-electron chi connectivity index (χ3n) is 4.49. The molecule has 1 aliphatic heterocycles. The standard InChI is InChI=1S/C21H25NO4/c1-14-8-7-11-18(15(14)2)22-19-10-6-5-9-17(19)20(23)24-12-16-13-25-21(3,4)26-16/h5-11,16,22H,12-13H2,1-4H3. The van der Waals surface area contributed by atoms with Gasteiger partial charge in [0, 0.05) is 5.69 Å². The number of esters is 1. The minimum Gasteiger partial charge on any atom is -0.459 e. The normalized spacial score (nSPS) is 18.5. The predicted octanol–water partition coefficient (Wildman–Crippen LogP) is 4.36. The van der Waals surface area contributed by atoms with Gasteiger partial charge in [0.2, 0.25) is 0 Å². The molecule has 3 rings (SSSR count). The van der Waals surface area contributed by atoms with Crippen LogP contribution in [0, 0.1) is 13.8 Å². The zero-order chi connectivity index (χ0) is 18.7. The maximum atomic E-state index is 12.6. The van der Waals surface area contributed by atoms with E-state index < -0.39 is 5.79 Å². The summed E-state index contributed by atoms with van der Waals surface area (Å²) < 4.78 is 16.6. The summed E-state index contributed by atoms with van der Waals surface area (Å²) in [7, 11) is 0. The second-order valence-corrected chi connectivity index (χ2v) is 6.97. The van der Waals surface area contributed by atoms with Crippen LogP contribution in [0.3, 0.4) is 0 Å². The van der Waals surface area contributed by atoms with E-state index in [0.717, 1.165) is 16.9 Å². The minimum absolute atomic E-state index is 0.167. The van der Waals surface area contributed by atoms with Crippen LogP contribution in [0.2, 0.25) is 0 Å². The first kappa shape index (κ1) is 18.4. The maximum absolute atomic E-state index is 12.6. The number of ether oxygens (including phenoxy) is 3. The van der Waals surface area contributed by atoms with Crippen LogP contribution in [0.1, 0.15) is 35.3 Å². The number of carbonyl (C=O) groups excluding carboxylic acids is 1. The van der Waals surface area contributed by atoms with Crippen LogP contribution in [0.5, 0.6) is 0 Å². The molecule has 0 bridgehead atoms. The van der Waals surface area contributed by atoms with E-state index in [2.05, 4.69) is 25.2 Å². The fourth-order valence-corrected chi connectivity index (χ4v) is 2.89. The lowest BCUT2D eigenvalue weighted by Crippen LogP contribution is -2.25. The molecule has 5 heteroatoms. The lowest BCUT2D eigenvalue weighted by molar-refractivity contribution is -0.142. The van der Waals surface area contributed by atoms with Gasteiger partial charge in [-0.15, -0.1) is 0 Å². The molecule has 5 nitrogen and oxygen atoms in total. The second kappa shape index (κ2) is 7.48. The average Bonchev–Trinajstić information content (AvgIpc) is 2.96. The largest absolute Gasteiger partial charge is 0.459 e. The second-order valence-electron chi connectivity index (χ2n) is 6.97. The van der Waals surface area contributed by atoms with Crippen LogP contribution in [-0.2, 0) is 14.2 Å². The summed E-state index contributed by atoms with van der Waals surface area (Å²) in [6.45, 7) is 8.39. The van der Waals surface area contributed by atoms with Gasteiger partial charge < -0.3 is 19.5 Å². The average molecular weight is 355 g/mol. The molecule has 2 aromatic carbocycles. The molecule has 0 saturated carbocycles. The van der Waals surface area contributed by atoms with Gasteiger partial charge in [0.15, 0.2) is 5.79 Å². The Bertz CT molecular complexity index is 800. The molecule has 0 aromatic heterocycles. The van der Waals surface area contributed by atoms with E-state index in [-0.39, 0.29) is 18.7 Å². The molecule has 2 aromatic rings. The van der Waals surface area contributed by atoms with Gasteiger partial charge in [-0.3, -0.25) is 0 Å². The van der Waals surface area contributed by atoms with Crippen LogP contribution in [-0.4, -0.2) is 31.1 Å². The highest BCUT2D eigenvalue weighted by Crippen LogP contribution is 2.26. The number of anilines is 2. The topological polar surface area (TPSA) is 56.8 Å². The zero-order valence-electron chi connectivity index (χ0n) is 15.7. The molecule has 0 aliphatic carbocycles. The fraction of sp³-hybridized carbons (Fsp3) is 0.381. The van der Waals surface area contributed by atoms with E-state index in [1.807, 2.05) is 44.2 Å². The van der Waals surface area contributed by atoms with Gasteiger partial charge in [-0.2, -0.15) is 0 Å². The van der Waals surface area contributed by atoms with E-state index in [0.29, 0.717) is 12.2 Å². The maximum Gasteiger partial charge on any atom is 0.340 e. The molecule has 138 valence electrons. The van der Waals surface area contributed by atoms with Crippen LogP contribution in [0.25, 0.3) is 0 Å². The van der Waals surface area contributed by atoms with Crippen molar-refractivity contribution in [1.82, 2.24) is 0 Å². The first-order valence-electron chi connectivity index (χ1n) is 8.77. The highest BCUT2D eigenvalue weighted by molar-refractivity contribution is 5.96. The molecule has 1 fully saturated rings. The number of carbonyl (C=O) groups is 1. The quantitative estimate of drug-likeness (QED) is 0.808. The van der Waals surface area contributed by atoms with Crippen LogP contribution < -0.4 is 5.32 Å². The van der Waals surface area contributed by atoms with Crippen molar-refractivity contribution in [2.45, 2.75) is 39.6 Å². The number of hydrogen-bond donors (Lipinski definition) is 1. The van der Waals surface area contributed by atoms with Crippen molar-refractivity contribution >= 4 is 17.3 Å². The van der Waals surface area contributed by atoms with Gasteiger partial charge in [-0.1, -0.05) is 24.3 Å². The Labute approximate surface area is 154 Å². The van der Waals surface area contributed by atoms with Crippen molar-refractivity contribution in [3.05, 3.63) is 59.2 Å². The summed E-state index contributed by atoms with van der Waals surface area (Å²) in [6, 6.07) is 13.4. The molecule has 1 saturated heterocycles. The molecule has 0 radical (unpaired) electrons. The minimum atomic E-state index is -0.626. The molecular formula is C21H25NO4. The number of hydrogen-bond acceptors (Lipinski definition) is 5. The first-order chi connectivity index (χ1) is 12.4. The van der Waals surface area contributed by atoms with E-state index in [4.69, 9.17) is 14.2 Å². The van der Waals surface area contributed by atoms with E-state index >= 15 is 0 Å². The lowest BCUT2D eigenvalue weighted by Gasteiger charge is -2.17. The first-order valence-corrected chi connectivity index (χ1v) is 8.77. The van der Waals surface area contributed by atoms with E-state index in [1.54, 1.807) is 6.07 Å². The Morgan fingerprint density at radius 3 is 2.62 bits per heavy atom. The van der Waals surface area contributed by atoms with Crippen LogP contribution in [0.15, 0.2) is 42.5 Å². The highest BCUT2D eigenvalue weighted by atomic mass is 16.7. The zero-order valence-corrected chi connectivity index (χ0v) is 15.7. The smallest absolute Gasteiger partial charge is 0.340 e. The van der Waals surface area contributed by atoms with E-state index in [9.17, 15) is 4.79 Å². The van der Waals surface area contributed by atoms with E-state index in [1.165, 1.54) is 5.56 Å². The van der Waals surface area contributed by atoms with Gasteiger partial charge in [-0.25, -0.2) is 4.79 Å². The van der Waals surface area contributed by atoms with Gasteiger partial charge in [-0.05, 0) is 57.0 Å². The van der Waals surface area contributed by atoms with Gasteiger partial charge >= 0.3 is 5.97 Å². The Morgan fingerprint density at radius 1 is 1.15 bits per heavy atom. The molecule has 0 amide bonds. The van der Waals surface area contributed by atoms with Gasteiger partial charge in [0.1, 0.15) is 12.7 Å². The third-order valence-corrected chi connectivity index (χ3v) is 4.49. The van der Waals surface area contributed by atoms with Crippen molar-refractivity contribution < 1.29 is 19.0 Å². The van der Waals surface area contributed by atoms with Crippen LogP contribution in [0.4, 0.5) is 11.4 Å². The summed E-state index contributed by atoms with van der Waals surface area (Å²) in [5, 5.41) is 3.35. The predicted molar refractivity (Wildman–Crippen MR) is 101 cm³/mol. The summed E-state index contributed by atoms with van der Waals surface area (Å²) in [5.74, 6) is -1.01. The molecule has 1 aliphatic rings. The van der Waals surface area contributed by atoms with Crippen molar-refractivity contribution in [2.24, 2.45) is 0 Å². The Morgan fingerprint density at radius 2 is 1.88 bits per heavy atom. The SMILES string of the molecule is Cc1cccc(Nc2ccccc2C(=O)OCC2COC(C)(C)O2)c1C. The van der Waals surface area contributed by atoms with Crippen molar-refractivity contribution in [3.63, 3.8) is 0 Å². The Hall–Kier alpha value is -2.37. The number of nitrogens with one attached hydrogen (secondary N) is 1. The molecule has 0 spiro atoms. The lowest BCUT2D eigenvalue weighted by atomic mass is 10.1. The summed E-state index contributed by atoms with van der Waals surface area (Å²) >= 11 is 0. The van der Waals surface area contributed by atoms with Gasteiger partial charge in [0.05, 0.1) is 17.9 Å².